The van der Waals surface area contributed by atoms with E-state index in [1.165, 1.54) is 110 Å². The summed E-state index contributed by atoms with van der Waals surface area (Å²) in [4.78, 5) is 111. The largest absolute Gasteiger partial charge is 0.475 e. The van der Waals surface area contributed by atoms with Crippen molar-refractivity contribution in [3.63, 3.8) is 0 Å². The maximum Gasteiger partial charge on any atom is 0.372 e. The molecule has 21 nitrogen and oxygen atoms in total. The highest BCUT2D eigenvalue weighted by atomic mass is 79.9. The Morgan fingerprint density at radius 2 is 0.758 bits per heavy atom. The summed E-state index contributed by atoms with van der Waals surface area (Å²) < 4.78 is 56.5. The van der Waals surface area contributed by atoms with Crippen LogP contribution in [0.2, 0.25) is 0 Å². The van der Waals surface area contributed by atoms with Crippen molar-refractivity contribution in [2.24, 2.45) is 0 Å². The number of carboxylic acids is 1. The number of Topliss-reactive ketones (excluding diaryl/α,β-unsaturated/α-hetero) is 8. The fraction of sp³-hybridized carbons (Fsp3) is 0.246. The van der Waals surface area contributed by atoms with E-state index in [-0.39, 0.29) is 52.1 Å². The number of carbonyl (C=O) groups is 10. The summed E-state index contributed by atoms with van der Waals surface area (Å²) in [6.07, 6.45) is 6.57. The average Bonchev–Trinajstić information content (AvgIpc) is 2.29. The van der Waals surface area contributed by atoms with Crippen LogP contribution < -0.4 is 0 Å². The first kappa shape index (κ1) is 73.1. The molecule has 0 aliphatic rings. The number of rotatable bonds is 18. The van der Waals surface area contributed by atoms with Crippen molar-refractivity contribution in [1.82, 2.24) is 49.3 Å². The van der Waals surface area contributed by atoms with E-state index in [0.29, 0.717) is 59.0 Å². The van der Waals surface area contributed by atoms with Gasteiger partial charge in [-0.2, -0.15) is 25.5 Å². The second-order valence-corrected chi connectivity index (χ2v) is 20.8. The number of hydrogen-bond donors (Lipinski definition) is 2. The molecule has 0 bridgehead atoms. The van der Waals surface area contributed by atoms with Gasteiger partial charge in [0, 0.05) is 49.7 Å². The Labute approximate surface area is 528 Å². The fourth-order valence-electron chi connectivity index (χ4n) is 7.95. The number of nitrogens with zero attached hydrogens (tertiary/aromatic N) is 9. The van der Waals surface area contributed by atoms with Gasteiger partial charge < -0.3 is 5.11 Å². The van der Waals surface area contributed by atoms with Gasteiger partial charge in [0.05, 0.1) is 89.3 Å². The summed E-state index contributed by atoms with van der Waals surface area (Å²) in [5, 5.41) is 32.2. The molecule has 0 amide bonds. The highest BCUT2D eigenvalue weighted by molar-refractivity contribution is 9.08. The van der Waals surface area contributed by atoms with Crippen molar-refractivity contribution in [2.45, 2.75) is 107 Å². The van der Waals surface area contributed by atoms with Crippen molar-refractivity contribution >= 4 is 74.1 Å². The number of carboxylic acid groups (broad SMARTS) is 1. The van der Waals surface area contributed by atoms with E-state index < -0.39 is 47.7 Å². The number of aromatic nitrogens is 10. The van der Waals surface area contributed by atoms with E-state index in [1.54, 1.807) is 91.8 Å². The van der Waals surface area contributed by atoms with Gasteiger partial charge in [-0.1, -0.05) is 64.5 Å². The molecule has 476 valence electrons. The van der Waals surface area contributed by atoms with Gasteiger partial charge >= 0.3 is 5.97 Å². The van der Waals surface area contributed by atoms with Crippen LogP contribution >= 0.6 is 15.9 Å². The third-order valence-electron chi connectivity index (χ3n) is 12.7. The van der Waals surface area contributed by atoms with Gasteiger partial charge in [0.25, 0.3) is 0 Å². The smallest absolute Gasteiger partial charge is 0.372 e. The molecular weight excluding hydrogens is 1250 g/mol. The van der Waals surface area contributed by atoms with Crippen LogP contribution in [-0.4, -0.2) is 113 Å². The number of halogens is 5. The average molecular weight is 1320 g/mol. The maximum atomic E-state index is 12.9. The summed E-state index contributed by atoms with van der Waals surface area (Å²) in [6, 6.07) is 24.5. The molecule has 0 saturated carbocycles. The third-order valence-corrected chi connectivity index (χ3v) is 13.4. The van der Waals surface area contributed by atoms with Crippen LogP contribution in [0.3, 0.4) is 0 Å². The van der Waals surface area contributed by atoms with Gasteiger partial charge in [0.1, 0.15) is 23.3 Å². The summed E-state index contributed by atoms with van der Waals surface area (Å²) >= 11 is 3.26. The van der Waals surface area contributed by atoms with Gasteiger partial charge in [0.2, 0.25) is 17.5 Å². The molecule has 9 aromatic rings. The zero-order valence-electron chi connectivity index (χ0n) is 51.3. The number of aliphatic carboxylic acids is 1. The molecule has 91 heavy (non-hydrogen) atoms. The highest BCUT2D eigenvalue weighted by Crippen LogP contribution is 2.16. The Kier molecular flexibility index (Phi) is 28.1. The Morgan fingerprint density at radius 1 is 0.440 bits per heavy atom. The van der Waals surface area contributed by atoms with Crippen molar-refractivity contribution in [2.75, 3.05) is 0 Å². The van der Waals surface area contributed by atoms with Gasteiger partial charge in [-0.15, -0.1) is 0 Å². The van der Waals surface area contributed by atoms with E-state index in [4.69, 9.17) is 5.11 Å². The number of hydrogen-bond acceptors (Lipinski definition) is 15. The number of ketones is 8. The molecule has 0 radical (unpaired) electrons. The third kappa shape index (κ3) is 23.9. The fourth-order valence-corrected chi connectivity index (χ4v) is 8.32. The number of aromatic amines is 1. The van der Waals surface area contributed by atoms with Crippen molar-refractivity contribution in [1.29, 1.82) is 0 Å². The lowest BCUT2D eigenvalue weighted by Gasteiger charge is -2.01. The van der Waals surface area contributed by atoms with E-state index in [1.807, 2.05) is 6.92 Å². The zero-order chi connectivity index (χ0) is 67.8. The molecule has 5 aromatic heterocycles. The van der Waals surface area contributed by atoms with E-state index in [2.05, 4.69) is 46.5 Å². The number of alkyl halides is 1. The second kappa shape index (κ2) is 35.0. The molecular formula is C65H65BrF4N10O11. The van der Waals surface area contributed by atoms with Crippen LogP contribution in [0.15, 0.2) is 128 Å². The first-order chi connectivity index (χ1) is 42.8. The van der Waals surface area contributed by atoms with Crippen LogP contribution in [0.4, 0.5) is 17.6 Å². The Bertz CT molecular complexity index is 3930. The zero-order valence-corrected chi connectivity index (χ0v) is 52.9. The highest BCUT2D eigenvalue weighted by Gasteiger charge is 2.22. The Balaban J connectivity index is 0.000000241. The van der Waals surface area contributed by atoms with E-state index >= 15 is 0 Å². The normalized spacial score (nSPS) is 10.2. The summed E-state index contributed by atoms with van der Waals surface area (Å²) in [5.74, 6) is -6.45. The first-order valence-corrected chi connectivity index (χ1v) is 28.6. The number of nitrogens with one attached hydrogen (secondary N) is 1. The van der Waals surface area contributed by atoms with Gasteiger partial charge in [-0.05, 0) is 126 Å². The topological polar surface area (TPSA) is 291 Å². The number of carbonyl (C=O) groups excluding carboxylic acids is 9. The minimum atomic E-state index is -1.63. The monoisotopic (exact) mass is 1320 g/mol. The minimum absolute atomic E-state index is 0.00727. The molecule has 4 aromatic carbocycles. The lowest BCUT2D eigenvalue weighted by atomic mass is 10.1. The maximum absolute atomic E-state index is 12.9. The van der Waals surface area contributed by atoms with Crippen LogP contribution in [0.25, 0.3) is 0 Å². The molecule has 0 unspecified atom stereocenters. The van der Waals surface area contributed by atoms with Gasteiger partial charge in [-0.3, -0.25) is 62.3 Å². The predicted octanol–water partition coefficient (Wildman–Crippen LogP) is 11.0. The molecule has 0 saturated heterocycles. The number of benzene rings is 4. The molecule has 0 spiro atoms. The Hall–Kier alpha value is -10.4. The van der Waals surface area contributed by atoms with Crippen LogP contribution in [0, 0.1) is 57.9 Å². The molecule has 0 aliphatic heterocycles. The number of aryl methyl sites for hydroxylation is 5. The van der Waals surface area contributed by atoms with Crippen molar-refractivity contribution < 1.29 is 70.6 Å². The Morgan fingerprint density at radius 3 is 1.02 bits per heavy atom. The quantitative estimate of drug-likeness (QED) is 0.0265. The predicted molar refractivity (Wildman–Crippen MR) is 329 cm³/mol. The van der Waals surface area contributed by atoms with E-state index in [9.17, 15) is 65.5 Å². The molecule has 5 heterocycles. The second-order valence-electron chi connectivity index (χ2n) is 20.2. The van der Waals surface area contributed by atoms with Crippen molar-refractivity contribution in [3.05, 3.63) is 230 Å². The standard InChI is InChI=1S/C16H15FN2O3.C15H13FN2O4.C13H13FN2O.C8H10N2O2.C7H6BrF.C6H8N2O/c1-10-14(16(22)7-15(21)11(2)20)9-19(18-10)8-12-3-5-13(17)6-4-12;1-9-12(13(19)6-14(20)15(21)22)8-18(17-9)7-10-2-4-11(16)5-3-10;1-9-13(10(2)17)8-16(15-9)7-11-3-5-12(14)6-4-11;1-5-8(6(2)11)4-10(9-5)7(3)12;8-5-6-1-3-7(9)4-2-6;1-4-6(5(2)9)3-7-8-4/h3-6,9H,7-8H2,1-2H3;2-5,8H,6-7H2,1H3,(H,21,22);3-6,8H,7H2,1-2H3;4H,1-3H3;1-4H,5H2;3H,1-2H3,(H,7,8). The SMILES string of the molecule is CC(=O)C(=O)CC(=O)c1cn(Cc2ccc(F)cc2)nc1C.CC(=O)c1cn(C(C)=O)nc1C.CC(=O)c1cn(Cc2ccc(F)cc2)nc1C.CC(=O)c1cn[nH]c1C.Cc1nn(Cc2ccc(F)cc2)cc1C(=O)CC(=O)C(=O)O.Fc1ccc(CBr)cc1. The van der Waals surface area contributed by atoms with Crippen LogP contribution in [0.1, 0.15) is 155 Å². The lowest BCUT2D eigenvalue weighted by Crippen LogP contribution is -2.17. The van der Waals surface area contributed by atoms with Crippen LogP contribution in [0.5, 0.6) is 0 Å². The molecule has 26 heteroatoms. The lowest BCUT2D eigenvalue weighted by molar-refractivity contribution is -0.148. The molecule has 0 atom stereocenters. The first-order valence-electron chi connectivity index (χ1n) is 27.5. The van der Waals surface area contributed by atoms with Crippen LogP contribution in [-0.2, 0) is 44.1 Å². The van der Waals surface area contributed by atoms with Gasteiger partial charge in [-0.25, -0.2) is 27.0 Å². The number of H-pyrrole nitrogens is 1. The van der Waals surface area contributed by atoms with Gasteiger partial charge in [0.15, 0.2) is 34.7 Å². The molecule has 0 fully saturated rings. The minimum Gasteiger partial charge on any atom is -0.475 e. The van der Waals surface area contributed by atoms with E-state index in [0.717, 1.165) is 45.9 Å². The summed E-state index contributed by atoms with van der Waals surface area (Å²) in [5.41, 5.74) is 9.06. The van der Waals surface area contributed by atoms with Crippen molar-refractivity contribution in [3.8, 4) is 0 Å². The molecule has 0 aliphatic carbocycles. The summed E-state index contributed by atoms with van der Waals surface area (Å²) in [6.45, 7) is 16.9. The summed E-state index contributed by atoms with van der Waals surface area (Å²) in [7, 11) is 0. The molecule has 2 N–H and O–H groups in total. The molecule has 9 rings (SSSR count).